The molecule has 172 valence electrons. The molecule has 0 amide bonds. The molecule has 3 aromatic rings. The van der Waals surface area contributed by atoms with E-state index in [1.54, 1.807) is 19.4 Å². The molecule has 6 rings (SSSR count). The Morgan fingerprint density at radius 1 is 1.09 bits per heavy atom. The highest BCUT2D eigenvalue weighted by Crippen LogP contribution is 2.44. The molecule has 0 atom stereocenters. The normalized spacial score (nSPS) is 19.0. The average Bonchev–Trinajstić information content (AvgIpc) is 3.07. The maximum atomic E-state index is 14.1. The van der Waals surface area contributed by atoms with Crippen LogP contribution in [-0.2, 0) is 17.8 Å². The van der Waals surface area contributed by atoms with Crippen LogP contribution in [0.2, 0.25) is 5.02 Å². The number of nitrogens with zero attached hydrogens (tertiary/aromatic N) is 7. The Morgan fingerprint density at radius 2 is 1.91 bits per heavy atom. The van der Waals surface area contributed by atoms with E-state index in [-0.39, 0.29) is 11.2 Å². The number of ether oxygens (including phenoxy) is 1. The second kappa shape index (κ2) is 7.93. The van der Waals surface area contributed by atoms with Gasteiger partial charge in [0.2, 0.25) is 5.95 Å². The molecule has 0 N–H and O–H groups in total. The zero-order valence-electron chi connectivity index (χ0n) is 18.4. The number of benzene rings is 1. The van der Waals surface area contributed by atoms with E-state index in [9.17, 15) is 4.39 Å². The van der Waals surface area contributed by atoms with Crippen molar-refractivity contribution in [3.05, 3.63) is 58.8 Å². The molecule has 33 heavy (non-hydrogen) atoms. The Hall–Kier alpha value is -2.75. The molecule has 8 nitrogen and oxygen atoms in total. The summed E-state index contributed by atoms with van der Waals surface area (Å²) in [4.78, 5) is 10.8. The van der Waals surface area contributed by atoms with Crippen molar-refractivity contribution >= 4 is 23.4 Å². The van der Waals surface area contributed by atoms with Crippen LogP contribution in [0.4, 0.5) is 16.2 Å². The van der Waals surface area contributed by atoms with E-state index in [4.69, 9.17) is 16.3 Å². The van der Waals surface area contributed by atoms with Crippen LogP contribution in [-0.4, -0.2) is 71.1 Å². The molecule has 0 radical (unpaired) electrons. The van der Waals surface area contributed by atoms with Crippen LogP contribution >= 0.6 is 11.6 Å². The molecule has 0 saturated carbocycles. The largest absolute Gasteiger partial charge is 0.383 e. The van der Waals surface area contributed by atoms with Crippen LogP contribution in [0.5, 0.6) is 0 Å². The highest BCUT2D eigenvalue weighted by Gasteiger charge is 2.54. The van der Waals surface area contributed by atoms with Crippen LogP contribution in [0, 0.1) is 11.2 Å². The Labute approximate surface area is 196 Å². The van der Waals surface area contributed by atoms with Gasteiger partial charge < -0.3 is 14.5 Å². The third-order valence-corrected chi connectivity index (χ3v) is 7.03. The van der Waals surface area contributed by atoms with Crippen LogP contribution in [0.25, 0.3) is 5.69 Å². The number of pyridine rings is 1. The number of anilines is 2. The summed E-state index contributed by atoms with van der Waals surface area (Å²) in [6, 6.07) is 9.09. The Morgan fingerprint density at radius 3 is 2.70 bits per heavy atom. The molecule has 2 saturated heterocycles. The highest BCUT2D eigenvalue weighted by molar-refractivity contribution is 6.30. The first-order chi connectivity index (χ1) is 16.0. The number of hydrogen-bond donors (Lipinski definition) is 0. The summed E-state index contributed by atoms with van der Waals surface area (Å²) in [6.07, 6.45) is 1.64. The monoisotopic (exact) mass is 469 g/mol. The van der Waals surface area contributed by atoms with Crippen LogP contribution in [0.1, 0.15) is 11.4 Å². The van der Waals surface area contributed by atoms with Gasteiger partial charge in [0.05, 0.1) is 18.8 Å². The lowest BCUT2D eigenvalue weighted by Crippen LogP contribution is -2.73. The van der Waals surface area contributed by atoms with Gasteiger partial charge in [-0.15, -0.1) is 10.2 Å². The summed E-state index contributed by atoms with van der Waals surface area (Å²) < 4.78 is 21.5. The second-order valence-electron chi connectivity index (χ2n) is 9.25. The Balaban J connectivity index is 1.23. The predicted octanol–water partition coefficient (Wildman–Crippen LogP) is 2.74. The quantitative estimate of drug-likeness (QED) is 0.569. The van der Waals surface area contributed by atoms with Crippen molar-refractivity contribution in [3.63, 3.8) is 0 Å². The van der Waals surface area contributed by atoms with Crippen molar-refractivity contribution in [1.29, 1.82) is 0 Å². The van der Waals surface area contributed by atoms with E-state index >= 15 is 0 Å². The zero-order chi connectivity index (χ0) is 22.6. The van der Waals surface area contributed by atoms with Crippen molar-refractivity contribution in [2.45, 2.75) is 13.1 Å². The minimum absolute atomic E-state index is 0.147. The molecular formula is C23H25ClFN7O. The molecule has 0 unspecified atom stereocenters. The molecular weight excluding hydrogens is 445 g/mol. The van der Waals surface area contributed by atoms with Crippen LogP contribution < -0.4 is 9.80 Å². The fourth-order valence-corrected chi connectivity index (χ4v) is 5.46. The molecule has 5 heterocycles. The molecule has 10 heteroatoms. The lowest BCUT2D eigenvalue weighted by atomic mass is 9.73. The zero-order valence-corrected chi connectivity index (χ0v) is 19.2. The number of rotatable bonds is 5. The van der Waals surface area contributed by atoms with Gasteiger partial charge in [0.15, 0.2) is 17.5 Å². The third kappa shape index (κ3) is 3.55. The molecule has 2 fully saturated rings. The fourth-order valence-electron chi connectivity index (χ4n) is 5.26. The van der Waals surface area contributed by atoms with Gasteiger partial charge in [0.25, 0.3) is 0 Å². The summed E-state index contributed by atoms with van der Waals surface area (Å²) >= 11 is 6.33. The minimum Gasteiger partial charge on any atom is -0.383 e. The van der Waals surface area contributed by atoms with Gasteiger partial charge in [0, 0.05) is 63.0 Å². The van der Waals surface area contributed by atoms with Gasteiger partial charge in [0.1, 0.15) is 0 Å². The molecule has 0 aliphatic carbocycles. The summed E-state index contributed by atoms with van der Waals surface area (Å²) in [6.45, 7) is 6.25. The van der Waals surface area contributed by atoms with Crippen molar-refractivity contribution in [2.75, 3.05) is 56.2 Å². The first-order valence-electron chi connectivity index (χ1n) is 11.1. The second-order valence-corrected chi connectivity index (χ2v) is 9.69. The summed E-state index contributed by atoms with van der Waals surface area (Å²) in [7, 11) is 1.72. The molecule has 1 aromatic carbocycles. The Bertz CT molecular complexity index is 1190. The van der Waals surface area contributed by atoms with Crippen LogP contribution in [0.3, 0.4) is 0 Å². The average molecular weight is 470 g/mol. The topological polar surface area (TPSA) is 62.6 Å². The van der Waals surface area contributed by atoms with E-state index in [2.05, 4.69) is 35.6 Å². The molecule has 1 spiro atoms. The first kappa shape index (κ1) is 20.8. The maximum absolute atomic E-state index is 14.1. The van der Waals surface area contributed by atoms with Crippen molar-refractivity contribution in [3.8, 4) is 5.69 Å². The number of aromatic nitrogens is 4. The maximum Gasteiger partial charge on any atom is 0.231 e. The standard InChI is InChI=1S/C23H25ClFN7O/c1-33-8-7-29-10-16-9-17(24)4-5-19(16)32-20(11-29)27-28-22(32)31-14-23(15-31)12-30(13-23)21-18(25)3-2-6-26-21/h2-6,9H,7-8,10-15H2,1H3. The van der Waals surface area contributed by atoms with Gasteiger partial charge >= 0.3 is 0 Å². The number of halogens is 2. The number of fused-ring (bicyclic) bond motifs is 3. The van der Waals surface area contributed by atoms with Crippen molar-refractivity contribution in [1.82, 2.24) is 24.6 Å². The van der Waals surface area contributed by atoms with Gasteiger partial charge in [-0.2, -0.15) is 0 Å². The third-order valence-electron chi connectivity index (χ3n) is 6.79. The number of hydrogen-bond acceptors (Lipinski definition) is 7. The predicted molar refractivity (Wildman–Crippen MR) is 123 cm³/mol. The van der Waals surface area contributed by atoms with E-state index in [0.29, 0.717) is 19.0 Å². The van der Waals surface area contributed by atoms with Gasteiger partial charge in [-0.3, -0.25) is 9.47 Å². The van der Waals surface area contributed by atoms with Gasteiger partial charge in [-0.1, -0.05) is 11.6 Å². The fraction of sp³-hybridized carbons (Fsp3) is 0.435. The molecule has 3 aliphatic rings. The lowest BCUT2D eigenvalue weighted by Gasteiger charge is -2.60. The number of methoxy groups -OCH3 is 1. The summed E-state index contributed by atoms with van der Waals surface area (Å²) in [5, 5.41) is 9.85. The lowest BCUT2D eigenvalue weighted by molar-refractivity contribution is 0.139. The van der Waals surface area contributed by atoms with E-state index in [1.165, 1.54) is 6.07 Å². The minimum atomic E-state index is -0.264. The molecule has 3 aliphatic heterocycles. The SMILES string of the molecule is COCCN1Cc2cc(Cl)ccc2-n2c(nnc2N2CC3(CN(c4ncccc4F)C3)C2)C1. The van der Waals surface area contributed by atoms with Gasteiger partial charge in [-0.25, -0.2) is 9.37 Å². The molecule has 0 bridgehead atoms. The van der Waals surface area contributed by atoms with Crippen molar-refractivity contribution < 1.29 is 9.13 Å². The molecule has 2 aromatic heterocycles. The first-order valence-corrected chi connectivity index (χ1v) is 11.5. The summed E-state index contributed by atoms with van der Waals surface area (Å²) in [5.74, 6) is 1.95. The van der Waals surface area contributed by atoms with E-state index < -0.39 is 0 Å². The van der Waals surface area contributed by atoms with E-state index in [0.717, 1.165) is 67.3 Å². The Kier molecular flexibility index (Phi) is 5.01. The van der Waals surface area contributed by atoms with E-state index in [1.807, 2.05) is 17.0 Å². The van der Waals surface area contributed by atoms with Crippen molar-refractivity contribution in [2.24, 2.45) is 5.41 Å². The van der Waals surface area contributed by atoms with Gasteiger partial charge in [-0.05, 0) is 35.9 Å². The van der Waals surface area contributed by atoms with Crippen LogP contribution in [0.15, 0.2) is 36.5 Å². The summed E-state index contributed by atoms with van der Waals surface area (Å²) in [5.41, 5.74) is 2.36. The highest BCUT2D eigenvalue weighted by atomic mass is 35.5. The smallest absolute Gasteiger partial charge is 0.231 e.